The predicted octanol–water partition coefficient (Wildman–Crippen LogP) is 1.63. The average molecular weight is 214 g/mol. The molecule has 0 aromatic carbocycles. The number of carbonyl (C=O) groups excluding carboxylic acids is 1. The highest BCUT2D eigenvalue weighted by Crippen LogP contribution is 2.27. The van der Waals surface area contributed by atoms with Gasteiger partial charge in [-0.05, 0) is 19.3 Å². The van der Waals surface area contributed by atoms with Crippen molar-refractivity contribution in [2.24, 2.45) is 5.92 Å². The smallest absolute Gasteiger partial charge is 0.303 e. The topological polar surface area (TPSA) is 63.6 Å². The summed E-state index contributed by atoms with van der Waals surface area (Å²) in [4.78, 5) is 22.1. The summed E-state index contributed by atoms with van der Waals surface area (Å²) >= 11 is 0. The molecule has 0 aliphatic heterocycles. The molecule has 4 heteroatoms. The highest BCUT2D eigenvalue weighted by Gasteiger charge is 2.30. The first-order valence-corrected chi connectivity index (χ1v) is 5.42. The number of carboxylic acid groups (broad SMARTS) is 1. The summed E-state index contributed by atoms with van der Waals surface area (Å²) in [5.74, 6) is -0.679. The summed E-state index contributed by atoms with van der Waals surface area (Å²) in [5, 5.41) is 8.58. The molecule has 0 aromatic rings. The fraction of sp³-hybridized carbons (Fsp3) is 0.818. The van der Waals surface area contributed by atoms with Gasteiger partial charge in [-0.25, -0.2) is 0 Å². The number of carbonyl (C=O) groups is 2. The first-order chi connectivity index (χ1) is 7.15. The van der Waals surface area contributed by atoms with E-state index in [4.69, 9.17) is 9.84 Å². The number of hydrogen-bond acceptors (Lipinski definition) is 3. The molecule has 1 saturated carbocycles. The van der Waals surface area contributed by atoms with Crippen LogP contribution in [0.25, 0.3) is 0 Å². The van der Waals surface area contributed by atoms with Crippen molar-refractivity contribution >= 4 is 11.8 Å². The van der Waals surface area contributed by atoms with E-state index in [-0.39, 0.29) is 24.2 Å². The fourth-order valence-electron chi connectivity index (χ4n) is 2.15. The Morgan fingerprint density at radius 2 is 2.33 bits per heavy atom. The van der Waals surface area contributed by atoms with Crippen molar-refractivity contribution < 1.29 is 19.4 Å². The molecule has 0 unspecified atom stereocenters. The minimum Gasteiger partial charge on any atom is -0.481 e. The summed E-state index contributed by atoms with van der Waals surface area (Å²) in [6, 6.07) is 0. The lowest BCUT2D eigenvalue weighted by Gasteiger charge is -2.27. The molecule has 0 bridgehead atoms. The molecular formula is C11H18O4. The van der Waals surface area contributed by atoms with Crippen molar-refractivity contribution in [2.75, 3.05) is 7.11 Å². The summed E-state index contributed by atoms with van der Waals surface area (Å²) < 4.78 is 5.23. The molecule has 1 rings (SSSR count). The highest BCUT2D eigenvalue weighted by molar-refractivity contribution is 5.82. The number of hydrogen-bond donors (Lipinski definition) is 1. The molecule has 0 amide bonds. The van der Waals surface area contributed by atoms with Gasteiger partial charge in [-0.15, -0.1) is 0 Å². The second-order valence-electron chi connectivity index (χ2n) is 4.03. The predicted molar refractivity (Wildman–Crippen MR) is 54.6 cm³/mol. The van der Waals surface area contributed by atoms with Gasteiger partial charge in [0.2, 0.25) is 0 Å². The van der Waals surface area contributed by atoms with Crippen LogP contribution in [0.3, 0.4) is 0 Å². The van der Waals surface area contributed by atoms with Crippen molar-refractivity contribution in [2.45, 2.75) is 44.6 Å². The van der Waals surface area contributed by atoms with Gasteiger partial charge in [0, 0.05) is 25.9 Å². The Bertz CT molecular complexity index is 237. The zero-order chi connectivity index (χ0) is 11.3. The molecule has 0 radical (unpaired) electrons. The Morgan fingerprint density at radius 1 is 1.60 bits per heavy atom. The second-order valence-corrected chi connectivity index (χ2v) is 4.03. The Hall–Kier alpha value is -0.900. The van der Waals surface area contributed by atoms with Gasteiger partial charge in [-0.2, -0.15) is 0 Å². The van der Waals surface area contributed by atoms with E-state index in [9.17, 15) is 9.59 Å². The van der Waals surface area contributed by atoms with Gasteiger partial charge in [-0.1, -0.05) is 6.42 Å². The third-order valence-corrected chi connectivity index (χ3v) is 3.00. The van der Waals surface area contributed by atoms with E-state index >= 15 is 0 Å². The summed E-state index contributed by atoms with van der Waals surface area (Å²) in [5.41, 5.74) is 0. The van der Waals surface area contributed by atoms with Crippen LogP contribution in [0, 0.1) is 5.92 Å². The van der Waals surface area contributed by atoms with Gasteiger partial charge in [0.15, 0.2) is 0 Å². The Balaban J connectivity index is 2.48. The molecular weight excluding hydrogens is 196 g/mol. The minimum absolute atomic E-state index is 0.0717. The number of ether oxygens (including phenoxy) is 1. The molecule has 1 aliphatic carbocycles. The van der Waals surface area contributed by atoms with Crippen LogP contribution in [-0.2, 0) is 14.3 Å². The maximum Gasteiger partial charge on any atom is 0.303 e. The first kappa shape index (κ1) is 12.2. The van der Waals surface area contributed by atoms with Crippen molar-refractivity contribution in [1.29, 1.82) is 0 Å². The highest BCUT2D eigenvalue weighted by atomic mass is 16.5. The average Bonchev–Trinajstić information content (AvgIpc) is 2.21. The van der Waals surface area contributed by atoms with Gasteiger partial charge >= 0.3 is 5.97 Å². The fourth-order valence-corrected chi connectivity index (χ4v) is 2.15. The lowest BCUT2D eigenvalue weighted by atomic mass is 9.82. The van der Waals surface area contributed by atoms with Crippen LogP contribution < -0.4 is 0 Å². The minimum atomic E-state index is -0.833. The second kappa shape index (κ2) is 5.85. The number of Topliss-reactive ketones (excluding diaryl/α,β-unsaturated/α-hetero) is 1. The quantitative estimate of drug-likeness (QED) is 0.755. The van der Waals surface area contributed by atoms with E-state index in [1.165, 1.54) is 0 Å². The van der Waals surface area contributed by atoms with E-state index < -0.39 is 5.97 Å². The first-order valence-electron chi connectivity index (χ1n) is 5.42. The number of carboxylic acids is 1. The zero-order valence-corrected chi connectivity index (χ0v) is 9.07. The van der Waals surface area contributed by atoms with Crippen LogP contribution >= 0.6 is 0 Å². The molecule has 1 aliphatic rings. The molecule has 4 nitrogen and oxygen atoms in total. The van der Waals surface area contributed by atoms with Crippen LogP contribution in [0.5, 0.6) is 0 Å². The van der Waals surface area contributed by atoms with E-state index in [1.54, 1.807) is 7.11 Å². The number of methoxy groups -OCH3 is 1. The molecule has 1 fully saturated rings. The third-order valence-electron chi connectivity index (χ3n) is 3.00. The van der Waals surface area contributed by atoms with Crippen molar-refractivity contribution in [3.05, 3.63) is 0 Å². The van der Waals surface area contributed by atoms with Gasteiger partial charge in [-0.3, -0.25) is 9.59 Å². The normalized spacial score (nSPS) is 23.8. The maximum absolute atomic E-state index is 11.6. The van der Waals surface area contributed by atoms with Crippen molar-refractivity contribution in [3.63, 3.8) is 0 Å². The number of aliphatic carboxylic acids is 1. The molecule has 0 aromatic heterocycles. The molecule has 86 valence electrons. The van der Waals surface area contributed by atoms with Gasteiger partial charge in [0.1, 0.15) is 5.78 Å². The van der Waals surface area contributed by atoms with Crippen LogP contribution in [0.2, 0.25) is 0 Å². The standard InChI is InChI=1S/C11H18O4/c1-15-10(6-7-11(13)14)8-4-2-3-5-9(8)12/h8,10H,2-7H2,1H3,(H,13,14)/t8-,10-/m0/s1. The lowest BCUT2D eigenvalue weighted by Crippen LogP contribution is -2.32. The zero-order valence-electron chi connectivity index (χ0n) is 9.07. The largest absolute Gasteiger partial charge is 0.481 e. The summed E-state index contributed by atoms with van der Waals surface area (Å²) in [6.45, 7) is 0. The summed E-state index contributed by atoms with van der Waals surface area (Å²) in [6.07, 6.45) is 3.77. The van der Waals surface area contributed by atoms with Crippen LogP contribution in [0.4, 0.5) is 0 Å². The maximum atomic E-state index is 11.6. The Morgan fingerprint density at radius 3 is 2.87 bits per heavy atom. The van der Waals surface area contributed by atoms with Crippen LogP contribution in [0.1, 0.15) is 38.5 Å². The molecule has 0 spiro atoms. The molecule has 0 heterocycles. The van der Waals surface area contributed by atoms with E-state index in [0.29, 0.717) is 12.8 Å². The molecule has 2 atom stereocenters. The third kappa shape index (κ3) is 3.63. The molecule has 0 saturated heterocycles. The van der Waals surface area contributed by atoms with Gasteiger partial charge in [0.25, 0.3) is 0 Å². The van der Waals surface area contributed by atoms with Crippen LogP contribution in [0.15, 0.2) is 0 Å². The van der Waals surface area contributed by atoms with Gasteiger partial charge in [0.05, 0.1) is 6.10 Å². The Kier molecular flexibility index (Phi) is 4.75. The van der Waals surface area contributed by atoms with Gasteiger partial charge < -0.3 is 9.84 Å². The molecule has 1 N–H and O–H groups in total. The number of ketones is 1. The SMILES string of the molecule is CO[C@@H](CCC(=O)O)[C@H]1CCCCC1=O. The van der Waals surface area contributed by atoms with Crippen LogP contribution in [-0.4, -0.2) is 30.1 Å². The monoisotopic (exact) mass is 214 g/mol. The Labute approximate surface area is 89.6 Å². The molecule has 15 heavy (non-hydrogen) atoms. The number of rotatable bonds is 5. The van der Waals surface area contributed by atoms with E-state index in [1.807, 2.05) is 0 Å². The lowest BCUT2D eigenvalue weighted by molar-refractivity contribution is -0.139. The van der Waals surface area contributed by atoms with E-state index in [2.05, 4.69) is 0 Å². The van der Waals surface area contributed by atoms with E-state index in [0.717, 1.165) is 19.3 Å². The van der Waals surface area contributed by atoms with Crippen molar-refractivity contribution in [3.8, 4) is 0 Å². The summed E-state index contributed by atoms with van der Waals surface area (Å²) in [7, 11) is 1.55. The van der Waals surface area contributed by atoms with Crippen molar-refractivity contribution in [1.82, 2.24) is 0 Å².